The Bertz CT molecular complexity index is 313. The highest BCUT2D eigenvalue weighted by Gasteiger charge is 2.26. The van der Waals surface area contributed by atoms with Crippen LogP contribution in [0.5, 0.6) is 0 Å². The number of aliphatic hydroxyl groups is 1. The van der Waals surface area contributed by atoms with Gasteiger partial charge in [-0.2, -0.15) is 11.8 Å². The number of nitrogens with two attached hydrogens (primary N) is 1. The summed E-state index contributed by atoms with van der Waals surface area (Å²) < 4.78 is 0. The minimum atomic E-state index is -0.446. The predicted octanol–water partition coefficient (Wildman–Crippen LogP) is 1.45. The zero-order valence-electron chi connectivity index (χ0n) is 7.89. The molecule has 0 aliphatic carbocycles. The Kier molecular flexibility index (Phi) is 2.93. The van der Waals surface area contributed by atoms with Gasteiger partial charge in [0.15, 0.2) is 0 Å². The molecule has 0 radical (unpaired) electrons. The van der Waals surface area contributed by atoms with Crippen LogP contribution >= 0.6 is 11.8 Å². The molecule has 76 valence electrons. The average Bonchev–Trinajstić information content (AvgIpc) is 2.70. The molecule has 0 aromatic carbocycles. The summed E-state index contributed by atoms with van der Waals surface area (Å²) in [5, 5.41) is 10.1. The number of anilines is 1. The van der Waals surface area contributed by atoms with E-state index in [2.05, 4.69) is 4.98 Å². The first kappa shape index (κ1) is 9.80. The molecule has 2 heterocycles. The molecule has 4 heteroatoms. The molecule has 3 nitrogen and oxygen atoms in total. The van der Waals surface area contributed by atoms with E-state index >= 15 is 0 Å². The van der Waals surface area contributed by atoms with Crippen molar-refractivity contribution in [3.05, 3.63) is 24.0 Å². The fourth-order valence-electron chi connectivity index (χ4n) is 1.72. The molecule has 1 aliphatic heterocycles. The predicted molar refractivity (Wildman–Crippen MR) is 59.0 cm³/mol. The van der Waals surface area contributed by atoms with Gasteiger partial charge >= 0.3 is 0 Å². The summed E-state index contributed by atoms with van der Waals surface area (Å²) in [6.07, 6.45) is 3.94. The van der Waals surface area contributed by atoms with Gasteiger partial charge in [0, 0.05) is 23.6 Å². The van der Waals surface area contributed by atoms with Gasteiger partial charge in [0.2, 0.25) is 0 Å². The minimum Gasteiger partial charge on any atom is -0.398 e. The van der Waals surface area contributed by atoms with E-state index in [-0.39, 0.29) is 0 Å². The maximum absolute atomic E-state index is 10.1. The molecule has 3 N–H and O–H groups in total. The molecule has 0 amide bonds. The number of aliphatic hydroxyl groups excluding tert-OH is 1. The molecule has 1 aliphatic rings. The number of nitrogen functional groups attached to an aromatic ring is 1. The smallest absolute Gasteiger partial charge is 0.0861 e. The van der Waals surface area contributed by atoms with Crippen molar-refractivity contribution in [2.24, 2.45) is 5.92 Å². The van der Waals surface area contributed by atoms with Crippen molar-refractivity contribution in [3.63, 3.8) is 0 Å². The van der Waals surface area contributed by atoms with Crippen LogP contribution in [0, 0.1) is 5.92 Å². The Labute approximate surface area is 87.7 Å². The maximum Gasteiger partial charge on any atom is 0.0861 e. The number of thioether (sulfide) groups is 1. The lowest BCUT2D eigenvalue weighted by Crippen LogP contribution is -2.13. The van der Waals surface area contributed by atoms with E-state index < -0.39 is 6.10 Å². The summed E-state index contributed by atoms with van der Waals surface area (Å²) in [5.41, 5.74) is 7.20. The van der Waals surface area contributed by atoms with E-state index in [9.17, 15) is 5.11 Å². The lowest BCUT2D eigenvalue weighted by Gasteiger charge is -2.18. The van der Waals surface area contributed by atoms with Crippen molar-refractivity contribution in [3.8, 4) is 0 Å². The monoisotopic (exact) mass is 210 g/mol. The van der Waals surface area contributed by atoms with Crippen LogP contribution in [0.15, 0.2) is 18.5 Å². The van der Waals surface area contributed by atoms with E-state index in [0.29, 0.717) is 11.6 Å². The topological polar surface area (TPSA) is 59.1 Å². The van der Waals surface area contributed by atoms with E-state index in [1.807, 2.05) is 11.8 Å². The number of pyridine rings is 1. The van der Waals surface area contributed by atoms with Crippen LogP contribution in [0.25, 0.3) is 0 Å². The van der Waals surface area contributed by atoms with Crippen LogP contribution in [0.3, 0.4) is 0 Å². The third-order valence-corrected chi connectivity index (χ3v) is 3.81. The third kappa shape index (κ3) is 1.86. The first-order chi connectivity index (χ1) is 6.79. The molecule has 1 aromatic heterocycles. The van der Waals surface area contributed by atoms with Crippen molar-refractivity contribution >= 4 is 17.4 Å². The molecule has 0 saturated carbocycles. The molecule has 14 heavy (non-hydrogen) atoms. The normalized spacial score (nSPS) is 23.6. The Hall–Kier alpha value is -0.740. The SMILES string of the molecule is Nc1ccncc1C(O)C1CCSC1. The zero-order chi connectivity index (χ0) is 9.97. The standard InChI is InChI=1S/C10H14N2OS/c11-9-1-3-12-5-8(9)10(13)7-2-4-14-6-7/h1,3,5,7,10,13H,2,4,6H2,(H2,11,12). The van der Waals surface area contributed by atoms with E-state index in [4.69, 9.17) is 5.73 Å². The van der Waals surface area contributed by atoms with Crippen molar-refractivity contribution < 1.29 is 5.11 Å². The summed E-state index contributed by atoms with van der Waals surface area (Å²) >= 11 is 1.89. The van der Waals surface area contributed by atoms with Gasteiger partial charge in [0.25, 0.3) is 0 Å². The van der Waals surface area contributed by atoms with Gasteiger partial charge in [-0.1, -0.05) is 0 Å². The number of nitrogens with zero attached hydrogens (tertiary/aromatic N) is 1. The summed E-state index contributed by atoms with van der Waals surface area (Å²) in [6, 6.07) is 1.74. The first-order valence-electron chi connectivity index (χ1n) is 4.74. The molecule has 2 unspecified atom stereocenters. The molecule has 0 spiro atoms. The second-order valence-corrected chi connectivity index (χ2v) is 4.72. The molecule has 1 saturated heterocycles. The lowest BCUT2D eigenvalue weighted by atomic mass is 9.95. The molecule has 0 bridgehead atoms. The van der Waals surface area contributed by atoms with Crippen molar-refractivity contribution in [2.45, 2.75) is 12.5 Å². The van der Waals surface area contributed by atoms with Crippen LogP contribution in [0.1, 0.15) is 18.1 Å². The molecule has 2 atom stereocenters. The van der Waals surface area contributed by atoms with Gasteiger partial charge in [-0.25, -0.2) is 0 Å². The summed E-state index contributed by atoms with van der Waals surface area (Å²) in [6.45, 7) is 0. The first-order valence-corrected chi connectivity index (χ1v) is 5.89. The Morgan fingerprint density at radius 1 is 1.64 bits per heavy atom. The highest BCUT2D eigenvalue weighted by molar-refractivity contribution is 7.99. The van der Waals surface area contributed by atoms with Gasteiger partial charge < -0.3 is 10.8 Å². The fourth-order valence-corrected chi connectivity index (χ4v) is 3.01. The number of hydrogen-bond acceptors (Lipinski definition) is 4. The van der Waals surface area contributed by atoms with E-state index in [1.165, 1.54) is 0 Å². The Morgan fingerprint density at radius 2 is 2.50 bits per heavy atom. The van der Waals surface area contributed by atoms with Crippen LogP contribution in [-0.2, 0) is 0 Å². The summed E-state index contributed by atoms with van der Waals surface area (Å²) in [5.74, 6) is 2.50. The number of rotatable bonds is 2. The van der Waals surface area contributed by atoms with Crippen LogP contribution in [-0.4, -0.2) is 21.6 Å². The average molecular weight is 210 g/mol. The Balaban J connectivity index is 2.17. The van der Waals surface area contributed by atoms with E-state index in [0.717, 1.165) is 23.5 Å². The second-order valence-electron chi connectivity index (χ2n) is 3.57. The second kappa shape index (κ2) is 4.19. The van der Waals surface area contributed by atoms with E-state index in [1.54, 1.807) is 18.5 Å². The zero-order valence-corrected chi connectivity index (χ0v) is 8.70. The largest absolute Gasteiger partial charge is 0.398 e. The highest BCUT2D eigenvalue weighted by atomic mass is 32.2. The van der Waals surface area contributed by atoms with Gasteiger partial charge in [0.05, 0.1) is 6.10 Å². The maximum atomic E-state index is 10.1. The summed E-state index contributed by atoms with van der Waals surface area (Å²) in [4.78, 5) is 3.99. The molecule has 1 fully saturated rings. The highest BCUT2D eigenvalue weighted by Crippen LogP contribution is 2.35. The third-order valence-electron chi connectivity index (χ3n) is 2.62. The van der Waals surface area contributed by atoms with Crippen LogP contribution in [0.2, 0.25) is 0 Å². The van der Waals surface area contributed by atoms with Crippen molar-refractivity contribution in [1.82, 2.24) is 4.98 Å². The molecule has 2 rings (SSSR count). The molecular formula is C10H14N2OS. The van der Waals surface area contributed by atoms with Crippen LogP contribution < -0.4 is 5.73 Å². The van der Waals surface area contributed by atoms with Crippen LogP contribution in [0.4, 0.5) is 5.69 Å². The Morgan fingerprint density at radius 3 is 3.14 bits per heavy atom. The fraction of sp³-hybridized carbons (Fsp3) is 0.500. The quantitative estimate of drug-likeness (QED) is 0.775. The number of aromatic nitrogens is 1. The number of hydrogen-bond donors (Lipinski definition) is 2. The minimum absolute atomic E-state index is 0.339. The molecule has 1 aromatic rings. The molecular weight excluding hydrogens is 196 g/mol. The van der Waals surface area contributed by atoms with Crippen molar-refractivity contribution in [2.75, 3.05) is 17.2 Å². The van der Waals surface area contributed by atoms with Gasteiger partial charge in [-0.05, 0) is 29.9 Å². The van der Waals surface area contributed by atoms with Crippen molar-refractivity contribution in [1.29, 1.82) is 0 Å². The van der Waals surface area contributed by atoms with Gasteiger partial charge in [-0.15, -0.1) is 0 Å². The lowest BCUT2D eigenvalue weighted by molar-refractivity contribution is 0.121. The van der Waals surface area contributed by atoms with Gasteiger partial charge in [0.1, 0.15) is 0 Å². The van der Waals surface area contributed by atoms with Gasteiger partial charge in [-0.3, -0.25) is 4.98 Å². The summed E-state index contributed by atoms with van der Waals surface area (Å²) in [7, 11) is 0.